The highest BCUT2D eigenvalue weighted by Crippen LogP contribution is 2.24. The third-order valence-electron chi connectivity index (χ3n) is 5.39. The molecule has 3 rings (SSSR count). The molecule has 1 fully saturated rings. The van der Waals surface area contributed by atoms with Gasteiger partial charge in [-0.1, -0.05) is 35.4 Å². The predicted molar refractivity (Wildman–Crippen MR) is 117 cm³/mol. The molecule has 0 saturated carbocycles. The van der Waals surface area contributed by atoms with E-state index in [2.05, 4.69) is 5.32 Å². The van der Waals surface area contributed by atoms with Crippen LogP contribution in [0.5, 0.6) is 5.75 Å². The van der Waals surface area contributed by atoms with Crippen LogP contribution in [0.4, 0.5) is 0 Å². The molecule has 0 aliphatic carbocycles. The lowest BCUT2D eigenvalue weighted by atomic mass is 9.97. The van der Waals surface area contributed by atoms with E-state index in [4.69, 9.17) is 4.74 Å². The molecular formula is C23H30N2O4S. The molecule has 1 aliphatic heterocycles. The van der Waals surface area contributed by atoms with Gasteiger partial charge in [0.15, 0.2) is 0 Å². The number of piperidine rings is 1. The van der Waals surface area contributed by atoms with E-state index >= 15 is 0 Å². The topological polar surface area (TPSA) is 75.7 Å². The Kier molecular flexibility index (Phi) is 7.15. The van der Waals surface area contributed by atoms with Gasteiger partial charge in [0.25, 0.3) is 0 Å². The third-order valence-corrected chi connectivity index (χ3v) is 7.31. The summed E-state index contributed by atoms with van der Waals surface area (Å²) in [5.41, 5.74) is 2.18. The number of carbonyl (C=O) groups excluding carboxylic acids is 1. The normalized spacial score (nSPS) is 16.8. The summed E-state index contributed by atoms with van der Waals surface area (Å²) >= 11 is 0. The third kappa shape index (κ3) is 5.61. The van der Waals surface area contributed by atoms with Gasteiger partial charge in [-0.2, -0.15) is 4.31 Å². The molecule has 2 aromatic rings. The standard InChI is InChI=1S/C23H30N2O4S/c1-17-4-8-21(9-5-17)29-16-19(3)24-23(26)20-12-14-25(15-13-20)30(27,28)22-10-6-18(2)7-11-22/h4-11,19-20H,12-16H2,1-3H3,(H,24,26)/t19-/m1/s1. The molecule has 7 heteroatoms. The second kappa shape index (κ2) is 9.62. The summed E-state index contributed by atoms with van der Waals surface area (Å²) in [6.45, 7) is 6.93. The van der Waals surface area contributed by atoms with Crippen molar-refractivity contribution in [2.45, 2.75) is 44.6 Å². The maximum Gasteiger partial charge on any atom is 0.243 e. The van der Waals surface area contributed by atoms with Crippen molar-refractivity contribution in [3.63, 3.8) is 0 Å². The molecule has 0 radical (unpaired) electrons. The fraction of sp³-hybridized carbons (Fsp3) is 0.435. The lowest BCUT2D eigenvalue weighted by Crippen LogP contribution is -2.45. The zero-order chi connectivity index (χ0) is 21.7. The highest BCUT2D eigenvalue weighted by atomic mass is 32.2. The number of amides is 1. The Balaban J connectivity index is 1.47. The number of nitrogens with zero attached hydrogens (tertiary/aromatic N) is 1. The van der Waals surface area contributed by atoms with Gasteiger partial charge < -0.3 is 10.1 Å². The van der Waals surface area contributed by atoms with Gasteiger partial charge in [-0.25, -0.2) is 8.42 Å². The molecule has 1 aliphatic rings. The van der Waals surface area contributed by atoms with Gasteiger partial charge in [0.2, 0.25) is 15.9 Å². The Morgan fingerprint density at radius 3 is 2.13 bits per heavy atom. The molecule has 0 unspecified atom stereocenters. The van der Waals surface area contributed by atoms with Crippen LogP contribution in [0.25, 0.3) is 0 Å². The molecule has 2 aromatic carbocycles. The van der Waals surface area contributed by atoms with Crippen molar-refractivity contribution in [2.24, 2.45) is 5.92 Å². The van der Waals surface area contributed by atoms with E-state index in [0.29, 0.717) is 37.4 Å². The minimum atomic E-state index is -3.51. The number of benzene rings is 2. The van der Waals surface area contributed by atoms with Gasteiger partial charge in [0.05, 0.1) is 10.9 Å². The molecule has 1 atom stereocenters. The quantitative estimate of drug-likeness (QED) is 0.731. The van der Waals surface area contributed by atoms with E-state index in [9.17, 15) is 13.2 Å². The van der Waals surface area contributed by atoms with E-state index < -0.39 is 10.0 Å². The van der Waals surface area contributed by atoms with Crippen molar-refractivity contribution in [1.29, 1.82) is 0 Å². The van der Waals surface area contributed by atoms with Gasteiger partial charge in [-0.3, -0.25) is 4.79 Å². The van der Waals surface area contributed by atoms with Crippen LogP contribution in [0, 0.1) is 19.8 Å². The Morgan fingerprint density at radius 2 is 1.57 bits per heavy atom. The van der Waals surface area contributed by atoms with Crippen molar-refractivity contribution >= 4 is 15.9 Å². The van der Waals surface area contributed by atoms with Crippen LogP contribution in [0.1, 0.15) is 30.9 Å². The average Bonchev–Trinajstić information content (AvgIpc) is 2.74. The molecule has 162 valence electrons. The van der Waals surface area contributed by atoms with Crippen molar-refractivity contribution in [1.82, 2.24) is 9.62 Å². The molecular weight excluding hydrogens is 400 g/mol. The fourth-order valence-corrected chi connectivity index (χ4v) is 4.95. The van der Waals surface area contributed by atoms with Crippen LogP contribution in [0.2, 0.25) is 0 Å². The number of aryl methyl sites for hydroxylation is 2. The van der Waals surface area contributed by atoms with Crippen molar-refractivity contribution in [2.75, 3.05) is 19.7 Å². The first kappa shape index (κ1) is 22.3. The SMILES string of the molecule is Cc1ccc(OC[C@@H](C)NC(=O)C2CCN(S(=O)(=O)c3ccc(C)cc3)CC2)cc1. The Hall–Kier alpha value is -2.38. The lowest BCUT2D eigenvalue weighted by molar-refractivity contribution is -0.126. The van der Waals surface area contributed by atoms with Crippen LogP contribution in [-0.2, 0) is 14.8 Å². The summed E-state index contributed by atoms with van der Waals surface area (Å²) < 4.78 is 32.8. The minimum Gasteiger partial charge on any atom is -0.491 e. The molecule has 1 saturated heterocycles. The lowest BCUT2D eigenvalue weighted by Gasteiger charge is -2.31. The predicted octanol–water partition coefficient (Wildman–Crippen LogP) is 3.29. The first-order valence-corrected chi connectivity index (χ1v) is 11.8. The Bertz CT molecular complexity index is 948. The van der Waals surface area contributed by atoms with Gasteiger partial charge in [0, 0.05) is 19.0 Å². The number of hydrogen-bond donors (Lipinski definition) is 1. The van der Waals surface area contributed by atoms with E-state index in [1.165, 1.54) is 9.87 Å². The highest BCUT2D eigenvalue weighted by molar-refractivity contribution is 7.89. The Morgan fingerprint density at radius 1 is 1.03 bits per heavy atom. The fourth-order valence-electron chi connectivity index (χ4n) is 3.48. The van der Waals surface area contributed by atoms with Crippen LogP contribution in [0.3, 0.4) is 0 Å². The summed E-state index contributed by atoms with van der Waals surface area (Å²) in [6, 6.07) is 14.5. The summed E-state index contributed by atoms with van der Waals surface area (Å²) in [6.07, 6.45) is 1.03. The molecule has 1 amide bonds. The number of hydrogen-bond acceptors (Lipinski definition) is 4. The Labute approximate surface area is 179 Å². The summed E-state index contributed by atoms with van der Waals surface area (Å²) in [7, 11) is -3.51. The number of sulfonamides is 1. The first-order chi connectivity index (χ1) is 14.3. The molecule has 6 nitrogen and oxygen atoms in total. The average molecular weight is 431 g/mol. The number of nitrogens with one attached hydrogen (secondary N) is 1. The van der Waals surface area contributed by atoms with Crippen LogP contribution in [0.15, 0.2) is 53.4 Å². The molecule has 0 bridgehead atoms. The van der Waals surface area contributed by atoms with Crippen molar-refractivity contribution in [3.8, 4) is 5.75 Å². The second-order valence-electron chi connectivity index (χ2n) is 8.03. The summed E-state index contributed by atoms with van der Waals surface area (Å²) in [5, 5.41) is 2.99. The smallest absolute Gasteiger partial charge is 0.243 e. The molecule has 1 heterocycles. The van der Waals surface area contributed by atoms with Gasteiger partial charge >= 0.3 is 0 Å². The first-order valence-electron chi connectivity index (χ1n) is 10.3. The second-order valence-corrected chi connectivity index (χ2v) is 9.96. The van der Waals surface area contributed by atoms with Gasteiger partial charge in [-0.15, -0.1) is 0 Å². The summed E-state index contributed by atoms with van der Waals surface area (Å²) in [4.78, 5) is 12.9. The maximum atomic E-state index is 12.8. The van der Waals surface area contributed by atoms with E-state index in [-0.39, 0.29) is 17.9 Å². The maximum absolute atomic E-state index is 12.8. The zero-order valence-electron chi connectivity index (χ0n) is 17.8. The van der Waals surface area contributed by atoms with Gasteiger partial charge in [0.1, 0.15) is 12.4 Å². The molecule has 0 aromatic heterocycles. The molecule has 30 heavy (non-hydrogen) atoms. The van der Waals surface area contributed by atoms with Crippen LogP contribution < -0.4 is 10.1 Å². The van der Waals surface area contributed by atoms with Crippen molar-refractivity contribution < 1.29 is 17.9 Å². The number of ether oxygens (including phenoxy) is 1. The van der Waals surface area contributed by atoms with Crippen LogP contribution in [-0.4, -0.2) is 44.4 Å². The zero-order valence-corrected chi connectivity index (χ0v) is 18.6. The summed E-state index contributed by atoms with van der Waals surface area (Å²) in [5.74, 6) is 0.551. The minimum absolute atomic E-state index is 0.0395. The van der Waals surface area contributed by atoms with E-state index in [0.717, 1.165) is 11.3 Å². The molecule has 0 spiro atoms. The van der Waals surface area contributed by atoms with Crippen LogP contribution >= 0.6 is 0 Å². The van der Waals surface area contributed by atoms with E-state index in [1.807, 2.05) is 45.0 Å². The van der Waals surface area contributed by atoms with Crippen molar-refractivity contribution in [3.05, 3.63) is 59.7 Å². The largest absolute Gasteiger partial charge is 0.491 e. The van der Waals surface area contributed by atoms with E-state index in [1.54, 1.807) is 24.3 Å². The van der Waals surface area contributed by atoms with Gasteiger partial charge in [-0.05, 0) is 57.9 Å². The number of carbonyl (C=O) groups is 1. The monoisotopic (exact) mass is 430 g/mol. The molecule has 1 N–H and O–H groups in total. The highest BCUT2D eigenvalue weighted by Gasteiger charge is 2.32. The number of rotatable bonds is 7.